The predicted molar refractivity (Wildman–Crippen MR) is 79.8 cm³/mol. The van der Waals surface area contributed by atoms with Gasteiger partial charge in [-0.3, -0.25) is 0 Å². The van der Waals surface area contributed by atoms with Crippen molar-refractivity contribution in [1.29, 1.82) is 0 Å². The fraction of sp³-hybridized carbons (Fsp3) is 0.333. The van der Waals surface area contributed by atoms with E-state index < -0.39 is 0 Å². The first-order chi connectivity index (χ1) is 7.70. The fourth-order valence-electron chi connectivity index (χ4n) is 2.39. The zero-order chi connectivity index (χ0) is 11.3. The molecule has 0 radical (unpaired) electrons. The van der Waals surface area contributed by atoms with E-state index in [4.69, 9.17) is 0 Å². The lowest BCUT2D eigenvalue weighted by Crippen LogP contribution is -1.93. The molecule has 0 N–H and O–H groups in total. The molecule has 84 valence electrons. The first-order valence-corrected chi connectivity index (χ1v) is 8.51. The standard InChI is InChI=1S/C12H10Br2S2/c1-2-3-6-7-4-9(13)15-11(7)12-8(6)5-10(14)16-12/h4-6H,2-3H2,1H3. The second-order valence-corrected chi connectivity index (χ2v) is 8.87. The van der Waals surface area contributed by atoms with E-state index in [1.54, 1.807) is 0 Å². The van der Waals surface area contributed by atoms with E-state index in [1.165, 1.54) is 41.3 Å². The average Bonchev–Trinajstić information content (AvgIpc) is 2.82. The van der Waals surface area contributed by atoms with Crippen molar-refractivity contribution >= 4 is 54.5 Å². The number of fused-ring (bicyclic) bond motifs is 3. The lowest BCUT2D eigenvalue weighted by molar-refractivity contribution is 0.713. The van der Waals surface area contributed by atoms with Crippen LogP contribution in [0.2, 0.25) is 0 Å². The third-order valence-electron chi connectivity index (χ3n) is 3.00. The summed E-state index contributed by atoms with van der Waals surface area (Å²) in [5, 5.41) is 0. The zero-order valence-electron chi connectivity index (χ0n) is 8.72. The van der Waals surface area contributed by atoms with E-state index in [-0.39, 0.29) is 0 Å². The minimum atomic E-state index is 0.625. The number of rotatable bonds is 2. The molecule has 0 amide bonds. The van der Waals surface area contributed by atoms with Crippen molar-refractivity contribution in [3.8, 4) is 9.75 Å². The molecule has 0 spiro atoms. The largest absolute Gasteiger partial charge is 0.127 e. The van der Waals surface area contributed by atoms with Gasteiger partial charge >= 0.3 is 0 Å². The van der Waals surface area contributed by atoms with Crippen LogP contribution in [0.4, 0.5) is 0 Å². The quantitative estimate of drug-likeness (QED) is 0.580. The predicted octanol–water partition coefficient (Wildman–Crippen LogP) is 6.25. The Morgan fingerprint density at radius 3 is 2.00 bits per heavy atom. The Kier molecular flexibility index (Phi) is 3.03. The van der Waals surface area contributed by atoms with Gasteiger partial charge in [0.15, 0.2) is 0 Å². The molecule has 2 heterocycles. The Labute approximate surface area is 120 Å². The third kappa shape index (κ3) is 1.65. The highest BCUT2D eigenvalue weighted by Gasteiger charge is 2.32. The monoisotopic (exact) mass is 376 g/mol. The summed E-state index contributed by atoms with van der Waals surface area (Å²) < 4.78 is 2.52. The van der Waals surface area contributed by atoms with Crippen LogP contribution in [-0.2, 0) is 0 Å². The molecule has 1 aliphatic rings. The summed E-state index contributed by atoms with van der Waals surface area (Å²) in [6, 6.07) is 4.61. The lowest BCUT2D eigenvalue weighted by atomic mass is 9.95. The number of halogens is 2. The Bertz CT molecular complexity index is 493. The van der Waals surface area contributed by atoms with Crippen LogP contribution in [-0.4, -0.2) is 0 Å². The molecule has 4 heteroatoms. The van der Waals surface area contributed by atoms with Gasteiger partial charge in [-0.15, -0.1) is 22.7 Å². The van der Waals surface area contributed by atoms with E-state index in [0.717, 1.165) is 0 Å². The molecular weight excluding hydrogens is 368 g/mol. The van der Waals surface area contributed by atoms with E-state index in [1.807, 2.05) is 22.7 Å². The molecule has 0 aliphatic heterocycles. The van der Waals surface area contributed by atoms with Crippen molar-refractivity contribution < 1.29 is 0 Å². The summed E-state index contributed by atoms with van der Waals surface area (Å²) in [5.74, 6) is 0.625. The highest BCUT2D eigenvalue weighted by Crippen LogP contribution is 2.55. The van der Waals surface area contributed by atoms with E-state index in [0.29, 0.717) is 5.92 Å². The lowest BCUT2D eigenvalue weighted by Gasteiger charge is -2.08. The number of thiophene rings is 2. The Morgan fingerprint density at radius 2 is 1.56 bits per heavy atom. The van der Waals surface area contributed by atoms with Gasteiger partial charge in [0, 0.05) is 15.7 Å². The minimum absolute atomic E-state index is 0.625. The zero-order valence-corrected chi connectivity index (χ0v) is 13.5. The summed E-state index contributed by atoms with van der Waals surface area (Å²) >= 11 is 11.0. The van der Waals surface area contributed by atoms with Crippen molar-refractivity contribution in [2.45, 2.75) is 25.7 Å². The summed E-state index contributed by atoms with van der Waals surface area (Å²) in [4.78, 5) is 2.96. The molecular formula is C12H10Br2S2. The van der Waals surface area contributed by atoms with Gasteiger partial charge < -0.3 is 0 Å². The van der Waals surface area contributed by atoms with Crippen molar-refractivity contribution in [1.82, 2.24) is 0 Å². The second kappa shape index (κ2) is 4.23. The molecule has 2 aromatic rings. The smallest absolute Gasteiger partial charge is 0.0708 e. The van der Waals surface area contributed by atoms with Gasteiger partial charge in [0.05, 0.1) is 7.57 Å². The maximum Gasteiger partial charge on any atom is 0.0708 e. The highest BCUT2D eigenvalue weighted by atomic mass is 79.9. The van der Waals surface area contributed by atoms with Gasteiger partial charge in [0.2, 0.25) is 0 Å². The van der Waals surface area contributed by atoms with Crippen LogP contribution in [0.25, 0.3) is 9.75 Å². The Morgan fingerprint density at radius 1 is 1.06 bits per heavy atom. The maximum atomic E-state index is 3.61. The highest BCUT2D eigenvalue weighted by molar-refractivity contribution is 9.11. The summed E-state index contributed by atoms with van der Waals surface area (Å²) in [6.07, 6.45) is 2.50. The normalized spacial score (nSPS) is 14.2. The van der Waals surface area contributed by atoms with Crippen LogP contribution in [0.1, 0.15) is 36.8 Å². The van der Waals surface area contributed by atoms with Gasteiger partial charge in [-0.2, -0.15) is 0 Å². The van der Waals surface area contributed by atoms with Crippen LogP contribution < -0.4 is 0 Å². The summed E-state index contributed by atoms with van der Waals surface area (Å²) in [7, 11) is 0. The van der Waals surface area contributed by atoms with E-state index in [2.05, 4.69) is 50.9 Å². The van der Waals surface area contributed by atoms with Gasteiger partial charge in [-0.25, -0.2) is 0 Å². The fourth-order valence-corrected chi connectivity index (χ4v) is 5.92. The molecule has 0 aromatic carbocycles. The average molecular weight is 378 g/mol. The van der Waals surface area contributed by atoms with Crippen molar-refractivity contribution in [3.05, 3.63) is 30.8 Å². The van der Waals surface area contributed by atoms with Crippen LogP contribution in [0.3, 0.4) is 0 Å². The topological polar surface area (TPSA) is 0 Å². The van der Waals surface area contributed by atoms with E-state index in [9.17, 15) is 0 Å². The van der Waals surface area contributed by atoms with Crippen molar-refractivity contribution in [2.24, 2.45) is 0 Å². The maximum absolute atomic E-state index is 3.61. The first-order valence-electron chi connectivity index (χ1n) is 5.29. The number of hydrogen-bond donors (Lipinski definition) is 0. The molecule has 1 aliphatic carbocycles. The summed E-state index contributed by atoms with van der Waals surface area (Å²) in [5.41, 5.74) is 3.07. The summed E-state index contributed by atoms with van der Waals surface area (Å²) in [6.45, 7) is 2.26. The van der Waals surface area contributed by atoms with Crippen LogP contribution in [0, 0.1) is 0 Å². The first kappa shape index (κ1) is 11.5. The Hall–Kier alpha value is 0.360. The molecule has 0 saturated carbocycles. The molecule has 0 nitrogen and oxygen atoms in total. The molecule has 3 rings (SSSR count). The molecule has 0 bridgehead atoms. The Balaban J connectivity index is 2.19. The van der Waals surface area contributed by atoms with Crippen LogP contribution in [0.15, 0.2) is 19.7 Å². The number of hydrogen-bond acceptors (Lipinski definition) is 2. The second-order valence-electron chi connectivity index (χ2n) is 4.01. The van der Waals surface area contributed by atoms with Crippen LogP contribution >= 0.6 is 54.5 Å². The SMILES string of the molecule is CCCC1c2cc(Br)sc2-c2sc(Br)cc21. The van der Waals surface area contributed by atoms with Gasteiger partial charge in [0.1, 0.15) is 0 Å². The van der Waals surface area contributed by atoms with Gasteiger partial charge in [-0.1, -0.05) is 13.3 Å². The molecule has 0 fully saturated rings. The molecule has 16 heavy (non-hydrogen) atoms. The third-order valence-corrected chi connectivity index (χ3v) is 6.47. The van der Waals surface area contributed by atoms with Gasteiger partial charge in [-0.05, 0) is 61.5 Å². The molecule has 2 aromatic heterocycles. The van der Waals surface area contributed by atoms with Crippen molar-refractivity contribution in [2.75, 3.05) is 0 Å². The molecule has 0 atom stereocenters. The van der Waals surface area contributed by atoms with E-state index >= 15 is 0 Å². The minimum Gasteiger partial charge on any atom is -0.127 e. The van der Waals surface area contributed by atoms with Crippen LogP contribution in [0.5, 0.6) is 0 Å². The molecule has 0 saturated heterocycles. The van der Waals surface area contributed by atoms with Gasteiger partial charge in [0.25, 0.3) is 0 Å². The van der Waals surface area contributed by atoms with Crippen molar-refractivity contribution in [3.63, 3.8) is 0 Å². The molecule has 0 unspecified atom stereocenters.